The van der Waals surface area contributed by atoms with Crippen LogP contribution in [0.15, 0.2) is 12.3 Å². The molecule has 0 radical (unpaired) electrons. The number of amides is 2. The number of rotatable bonds is 2. The highest BCUT2D eigenvalue weighted by Crippen LogP contribution is 1.81. The Balaban J connectivity index is 3.80. The van der Waals surface area contributed by atoms with Crippen molar-refractivity contribution < 1.29 is 14.3 Å². The van der Waals surface area contributed by atoms with Crippen molar-refractivity contribution in [3.8, 4) is 0 Å². The van der Waals surface area contributed by atoms with Crippen LogP contribution < -0.4 is 11.1 Å². The third-order valence-electron chi connectivity index (χ3n) is 0.736. The number of carbonyl (C=O) groups is 2. The molecule has 2 amide bonds. The van der Waals surface area contributed by atoms with Crippen LogP contribution in [0.1, 0.15) is 0 Å². The van der Waals surface area contributed by atoms with Gasteiger partial charge in [0.2, 0.25) is 0 Å². The van der Waals surface area contributed by atoms with Gasteiger partial charge in [-0.3, -0.25) is 10.1 Å². The number of nitrogens with one attached hydrogen (secondary N) is 1. The second-order valence-corrected chi connectivity index (χ2v) is 1.46. The van der Waals surface area contributed by atoms with Gasteiger partial charge in [0, 0.05) is 0 Å². The summed E-state index contributed by atoms with van der Waals surface area (Å²) in [4.78, 5) is 20.5. The molecule has 0 aliphatic carbocycles. The molecule has 5 heteroatoms. The molecular formula is C5H8N2O3. The van der Waals surface area contributed by atoms with Gasteiger partial charge in [-0.15, -0.1) is 0 Å². The first-order chi connectivity index (χ1) is 4.57. The number of alkyl carbamates (subject to hydrolysis) is 1. The molecule has 10 heavy (non-hydrogen) atoms. The number of hydrogen-bond acceptors (Lipinski definition) is 3. The average molecular weight is 144 g/mol. The van der Waals surface area contributed by atoms with Crippen molar-refractivity contribution in [3.63, 3.8) is 0 Å². The smallest absolute Gasteiger partial charge is 0.411 e. The normalized spacial score (nSPS) is 8.10. The predicted molar refractivity (Wildman–Crippen MR) is 33.9 cm³/mol. The van der Waals surface area contributed by atoms with E-state index in [2.05, 4.69) is 11.3 Å². The molecule has 0 unspecified atom stereocenters. The van der Waals surface area contributed by atoms with Crippen LogP contribution in [0.3, 0.4) is 0 Å². The van der Waals surface area contributed by atoms with Crippen LogP contribution in [0.5, 0.6) is 0 Å². The minimum absolute atomic E-state index is 0.188. The number of ether oxygens (including phenoxy) is 1. The van der Waals surface area contributed by atoms with E-state index in [9.17, 15) is 9.59 Å². The molecule has 0 aromatic heterocycles. The Bertz CT molecular complexity index is 176. The number of nitrogens with two attached hydrogens (primary N) is 1. The molecular weight excluding hydrogens is 136 g/mol. The number of primary amides is 1. The first kappa shape index (κ1) is 8.48. The summed E-state index contributed by atoms with van der Waals surface area (Å²) in [5, 5.41) is 2.00. The van der Waals surface area contributed by atoms with Crippen LogP contribution in [-0.2, 0) is 9.53 Å². The van der Waals surface area contributed by atoms with Gasteiger partial charge in [-0.05, 0) is 0 Å². The monoisotopic (exact) mass is 144 g/mol. The van der Waals surface area contributed by atoms with Crippen LogP contribution in [0.4, 0.5) is 4.79 Å². The van der Waals surface area contributed by atoms with E-state index >= 15 is 0 Å². The Morgan fingerprint density at radius 1 is 1.60 bits per heavy atom. The van der Waals surface area contributed by atoms with Crippen molar-refractivity contribution >= 4 is 12.0 Å². The van der Waals surface area contributed by atoms with E-state index in [4.69, 9.17) is 5.73 Å². The van der Waals surface area contributed by atoms with E-state index in [1.54, 1.807) is 0 Å². The van der Waals surface area contributed by atoms with Crippen molar-refractivity contribution in [1.29, 1.82) is 0 Å². The lowest BCUT2D eigenvalue weighted by atomic mass is 10.5. The van der Waals surface area contributed by atoms with Gasteiger partial charge >= 0.3 is 6.09 Å². The zero-order chi connectivity index (χ0) is 8.15. The van der Waals surface area contributed by atoms with Crippen molar-refractivity contribution in [2.45, 2.75) is 0 Å². The topological polar surface area (TPSA) is 81.4 Å². The third kappa shape index (κ3) is 2.71. The second kappa shape index (κ2) is 3.49. The maximum atomic E-state index is 10.3. The number of hydrogen-bond donors (Lipinski definition) is 2. The minimum Gasteiger partial charge on any atom is -0.453 e. The van der Waals surface area contributed by atoms with Crippen LogP contribution in [0.25, 0.3) is 0 Å². The Kier molecular flexibility index (Phi) is 2.96. The van der Waals surface area contributed by atoms with Gasteiger partial charge < -0.3 is 10.5 Å². The van der Waals surface area contributed by atoms with Gasteiger partial charge in [0.25, 0.3) is 5.91 Å². The molecule has 0 heterocycles. The lowest BCUT2D eigenvalue weighted by molar-refractivity contribution is -0.114. The zero-order valence-electron chi connectivity index (χ0n) is 5.51. The standard InChI is InChI=1S/C5H8N2O3/c1-3(4(6)8)7-5(9)10-2/h1H2,2H3,(H2,6,8)(H,7,9). The molecule has 0 fully saturated rings. The molecule has 0 bridgehead atoms. The summed E-state index contributed by atoms with van der Waals surface area (Å²) < 4.78 is 4.15. The zero-order valence-corrected chi connectivity index (χ0v) is 5.51. The molecule has 3 N–H and O–H groups in total. The first-order valence-corrected chi connectivity index (χ1v) is 2.41. The van der Waals surface area contributed by atoms with Crippen molar-refractivity contribution in [3.05, 3.63) is 12.3 Å². The van der Waals surface area contributed by atoms with Gasteiger partial charge in [0.05, 0.1) is 7.11 Å². The second-order valence-electron chi connectivity index (χ2n) is 1.46. The highest BCUT2D eigenvalue weighted by atomic mass is 16.5. The van der Waals surface area contributed by atoms with Gasteiger partial charge in [0.1, 0.15) is 5.70 Å². The predicted octanol–water partition coefficient (Wildman–Crippen LogP) is -0.659. The summed E-state index contributed by atoms with van der Waals surface area (Å²) in [7, 11) is 1.17. The van der Waals surface area contributed by atoms with Gasteiger partial charge in [-0.1, -0.05) is 6.58 Å². The lowest BCUT2D eigenvalue weighted by Crippen LogP contribution is -2.30. The summed E-state index contributed by atoms with van der Waals surface area (Å²) >= 11 is 0. The van der Waals surface area contributed by atoms with Crippen LogP contribution >= 0.6 is 0 Å². The molecule has 0 rings (SSSR count). The maximum Gasteiger partial charge on any atom is 0.411 e. The van der Waals surface area contributed by atoms with E-state index in [0.29, 0.717) is 0 Å². The Morgan fingerprint density at radius 3 is 2.40 bits per heavy atom. The SMILES string of the molecule is C=C(NC(=O)OC)C(N)=O. The van der Waals surface area contributed by atoms with Gasteiger partial charge in [0.15, 0.2) is 0 Å². The largest absolute Gasteiger partial charge is 0.453 e. The third-order valence-corrected chi connectivity index (χ3v) is 0.736. The average Bonchev–Trinajstić information content (AvgIpc) is 1.87. The lowest BCUT2D eigenvalue weighted by Gasteiger charge is -2.01. The molecule has 0 atom stereocenters. The molecule has 0 saturated carbocycles. The Labute approximate surface area is 57.8 Å². The molecule has 0 saturated heterocycles. The van der Waals surface area contributed by atoms with E-state index in [0.717, 1.165) is 0 Å². The fourth-order valence-electron chi connectivity index (χ4n) is 0.236. The fourth-order valence-corrected chi connectivity index (χ4v) is 0.236. The van der Waals surface area contributed by atoms with E-state index < -0.39 is 12.0 Å². The fraction of sp³-hybridized carbons (Fsp3) is 0.200. The molecule has 0 aliphatic heterocycles. The Morgan fingerprint density at radius 2 is 2.10 bits per heavy atom. The number of carbonyl (C=O) groups excluding carboxylic acids is 2. The summed E-state index contributed by atoms with van der Waals surface area (Å²) in [5.74, 6) is -0.787. The highest BCUT2D eigenvalue weighted by molar-refractivity contribution is 5.94. The molecule has 56 valence electrons. The van der Waals surface area contributed by atoms with Crippen LogP contribution in [0.2, 0.25) is 0 Å². The molecule has 0 spiro atoms. The first-order valence-electron chi connectivity index (χ1n) is 2.41. The Hall–Kier alpha value is -1.52. The molecule has 0 aliphatic rings. The summed E-state index contributed by atoms with van der Waals surface area (Å²) in [6.07, 6.45) is -0.760. The van der Waals surface area contributed by atoms with Gasteiger partial charge in [-0.25, -0.2) is 4.79 Å². The summed E-state index contributed by atoms with van der Waals surface area (Å²) in [6, 6.07) is 0. The van der Waals surface area contributed by atoms with E-state index in [-0.39, 0.29) is 5.70 Å². The maximum absolute atomic E-state index is 10.3. The molecule has 0 aromatic carbocycles. The number of methoxy groups -OCH3 is 1. The van der Waals surface area contributed by atoms with Crippen molar-refractivity contribution in [2.75, 3.05) is 7.11 Å². The van der Waals surface area contributed by atoms with E-state index in [1.165, 1.54) is 7.11 Å². The summed E-state index contributed by atoms with van der Waals surface area (Å²) in [6.45, 7) is 3.16. The van der Waals surface area contributed by atoms with Crippen LogP contribution in [0, 0.1) is 0 Å². The van der Waals surface area contributed by atoms with E-state index in [1.807, 2.05) is 5.32 Å². The van der Waals surface area contributed by atoms with Crippen molar-refractivity contribution in [2.24, 2.45) is 5.73 Å². The van der Waals surface area contributed by atoms with Crippen molar-refractivity contribution in [1.82, 2.24) is 5.32 Å². The summed E-state index contributed by atoms with van der Waals surface area (Å²) in [5.41, 5.74) is 4.54. The van der Waals surface area contributed by atoms with Gasteiger partial charge in [-0.2, -0.15) is 0 Å². The minimum atomic E-state index is -0.787. The van der Waals surface area contributed by atoms with Crippen LogP contribution in [-0.4, -0.2) is 19.1 Å². The molecule has 0 aromatic rings. The quantitative estimate of drug-likeness (QED) is 0.505. The molecule has 5 nitrogen and oxygen atoms in total. The highest BCUT2D eigenvalue weighted by Gasteiger charge is 2.04.